The van der Waals surface area contributed by atoms with Crippen LogP contribution in [0.4, 0.5) is 5.69 Å². The van der Waals surface area contributed by atoms with Gasteiger partial charge in [-0.1, -0.05) is 38.8 Å². The van der Waals surface area contributed by atoms with E-state index in [4.69, 9.17) is 0 Å². The van der Waals surface area contributed by atoms with Crippen LogP contribution in [0, 0.1) is 0 Å². The number of nitrogens with one attached hydrogen (secondary N) is 1. The lowest BCUT2D eigenvalue weighted by Crippen LogP contribution is -2.15. The number of unbranched alkanes of at least 4 members (excludes halogenated alkanes) is 1. The first-order valence-corrected chi connectivity index (χ1v) is 7.24. The van der Waals surface area contributed by atoms with E-state index in [-0.39, 0.29) is 0 Å². The van der Waals surface area contributed by atoms with Gasteiger partial charge in [-0.2, -0.15) is 0 Å². The van der Waals surface area contributed by atoms with Gasteiger partial charge in [0.2, 0.25) is 0 Å². The second-order valence-electron chi connectivity index (χ2n) is 4.12. The maximum absolute atomic E-state index is 3.61. The Balaban J connectivity index is 2.57. The lowest BCUT2D eigenvalue weighted by atomic mass is 10.1. The van der Waals surface area contributed by atoms with Crippen LogP contribution in [0.2, 0.25) is 0 Å². The van der Waals surface area contributed by atoms with Gasteiger partial charge in [0.1, 0.15) is 0 Å². The molecule has 0 aliphatic rings. The number of hydrogen-bond donors (Lipinski definition) is 1. The molecule has 1 rings (SSSR count). The summed E-state index contributed by atoms with van der Waals surface area (Å²) in [6.07, 6.45) is 3.83. The van der Waals surface area contributed by atoms with E-state index < -0.39 is 0 Å². The molecular weight excluding hydrogens is 214 g/mol. The van der Waals surface area contributed by atoms with Crippen LogP contribution in [-0.2, 0) is 0 Å². The van der Waals surface area contributed by atoms with Crippen molar-refractivity contribution in [3.63, 3.8) is 0 Å². The van der Waals surface area contributed by atoms with Crippen LogP contribution in [-0.4, -0.2) is 11.8 Å². The first kappa shape index (κ1) is 13.4. The van der Waals surface area contributed by atoms with Crippen LogP contribution in [0.5, 0.6) is 0 Å². The van der Waals surface area contributed by atoms with Crippen LogP contribution >= 0.6 is 11.8 Å². The molecule has 1 unspecified atom stereocenters. The first-order chi connectivity index (χ1) is 7.77. The van der Waals surface area contributed by atoms with Crippen LogP contribution in [0.15, 0.2) is 29.2 Å². The molecule has 1 aromatic rings. The number of rotatable bonds is 7. The zero-order valence-electron chi connectivity index (χ0n) is 10.6. The molecule has 2 heteroatoms. The topological polar surface area (TPSA) is 12.0 Å². The summed E-state index contributed by atoms with van der Waals surface area (Å²) < 4.78 is 0. The standard InChI is InChI=1S/C14H23NS/c1-4-6-9-12(3)15-13-10-7-8-11-14(13)16-5-2/h7-8,10-12,15H,4-6,9H2,1-3H3. The van der Waals surface area contributed by atoms with E-state index in [1.807, 2.05) is 11.8 Å². The molecule has 1 N–H and O–H groups in total. The van der Waals surface area contributed by atoms with Gasteiger partial charge >= 0.3 is 0 Å². The Labute approximate surface area is 104 Å². The molecule has 0 amide bonds. The second kappa shape index (κ2) is 7.61. The van der Waals surface area contributed by atoms with Gasteiger partial charge in [-0.3, -0.25) is 0 Å². The summed E-state index contributed by atoms with van der Waals surface area (Å²) in [5.41, 5.74) is 1.29. The third-order valence-electron chi connectivity index (χ3n) is 2.58. The summed E-state index contributed by atoms with van der Waals surface area (Å²) in [6.45, 7) is 6.71. The Morgan fingerprint density at radius 2 is 2.00 bits per heavy atom. The molecule has 0 aromatic heterocycles. The quantitative estimate of drug-likeness (QED) is 0.684. The van der Waals surface area contributed by atoms with Crippen molar-refractivity contribution in [2.45, 2.75) is 51.0 Å². The van der Waals surface area contributed by atoms with Crippen molar-refractivity contribution in [2.75, 3.05) is 11.1 Å². The number of benzene rings is 1. The van der Waals surface area contributed by atoms with Crippen LogP contribution in [0.25, 0.3) is 0 Å². The lowest BCUT2D eigenvalue weighted by Gasteiger charge is -2.17. The fraction of sp³-hybridized carbons (Fsp3) is 0.571. The molecule has 0 radical (unpaired) electrons. The van der Waals surface area contributed by atoms with Crippen molar-refractivity contribution < 1.29 is 0 Å². The Hall–Kier alpha value is -0.630. The van der Waals surface area contributed by atoms with E-state index >= 15 is 0 Å². The van der Waals surface area contributed by atoms with Crippen molar-refractivity contribution >= 4 is 17.4 Å². The van der Waals surface area contributed by atoms with Crippen molar-refractivity contribution in [3.05, 3.63) is 24.3 Å². The molecule has 0 fully saturated rings. The summed E-state index contributed by atoms with van der Waals surface area (Å²) in [6, 6.07) is 9.16. The van der Waals surface area contributed by atoms with Gasteiger partial charge in [0.15, 0.2) is 0 Å². The van der Waals surface area contributed by atoms with E-state index in [0.717, 1.165) is 5.75 Å². The van der Waals surface area contributed by atoms with Gasteiger partial charge in [-0.15, -0.1) is 11.8 Å². The summed E-state index contributed by atoms with van der Waals surface area (Å²) in [4.78, 5) is 1.37. The van der Waals surface area contributed by atoms with Gasteiger partial charge < -0.3 is 5.32 Å². The smallest absolute Gasteiger partial charge is 0.0480 e. The number of anilines is 1. The monoisotopic (exact) mass is 237 g/mol. The fourth-order valence-electron chi connectivity index (χ4n) is 1.72. The Kier molecular flexibility index (Phi) is 6.39. The van der Waals surface area contributed by atoms with Crippen LogP contribution in [0.1, 0.15) is 40.0 Å². The number of hydrogen-bond acceptors (Lipinski definition) is 2. The minimum absolute atomic E-state index is 0.568. The zero-order chi connectivity index (χ0) is 11.8. The molecule has 1 aromatic carbocycles. The van der Waals surface area contributed by atoms with Gasteiger partial charge in [0.05, 0.1) is 0 Å². The lowest BCUT2D eigenvalue weighted by molar-refractivity contribution is 0.644. The van der Waals surface area contributed by atoms with Crippen LogP contribution < -0.4 is 5.32 Å². The molecule has 0 bridgehead atoms. The fourth-order valence-corrected chi connectivity index (χ4v) is 2.48. The van der Waals surface area contributed by atoms with Gasteiger partial charge in [-0.05, 0) is 31.2 Å². The normalized spacial score (nSPS) is 12.4. The predicted octanol–water partition coefficient (Wildman–Crippen LogP) is 4.79. The minimum atomic E-state index is 0.568. The van der Waals surface area contributed by atoms with Crippen molar-refractivity contribution in [3.8, 4) is 0 Å². The molecule has 0 heterocycles. The number of para-hydroxylation sites is 1. The maximum Gasteiger partial charge on any atom is 0.0480 e. The van der Waals surface area contributed by atoms with Crippen LogP contribution in [0.3, 0.4) is 0 Å². The molecule has 0 saturated heterocycles. The summed E-state index contributed by atoms with van der Waals surface area (Å²) in [5, 5.41) is 3.61. The summed E-state index contributed by atoms with van der Waals surface area (Å²) >= 11 is 1.91. The van der Waals surface area contributed by atoms with Crippen molar-refractivity contribution in [1.82, 2.24) is 0 Å². The van der Waals surface area contributed by atoms with Gasteiger partial charge in [-0.25, -0.2) is 0 Å². The minimum Gasteiger partial charge on any atom is -0.382 e. The Morgan fingerprint density at radius 3 is 2.69 bits per heavy atom. The third-order valence-corrected chi connectivity index (χ3v) is 3.54. The first-order valence-electron chi connectivity index (χ1n) is 6.26. The van der Waals surface area contributed by atoms with Crippen molar-refractivity contribution in [2.24, 2.45) is 0 Å². The molecule has 0 spiro atoms. The molecule has 16 heavy (non-hydrogen) atoms. The molecule has 1 atom stereocenters. The molecule has 90 valence electrons. The highest BCUT2D eigenvalue weighted by molar-refractivity contribution is 7.99. The summed E-state index contributed by atoms with van der Waals surface area (Å²) in [5.74, 6) is 1.13. The van der Waals surface area contributed by atoms with E-state index in [1.165, 1.54) is 29.8 Å². The highest BCUT2D eigenvalue weighted by Gasteiger charge is 2.05. The second-order valence-corrected chi connectivity index (χ2v) is 5.42. The Morgan fingerprint density at radius 1 is 1.25 bits per heavy atom. The van der Waals surface area contributed by atoms with E-state index in [1.54, 1.807) is 0 Å². The number of thioether (sulfide) groups is 1. The third kappa shape index (κ3) is 4.48. The molecule has 0 aliphatic carbocycles. The summed E-state index contributed by atoms with van der Waals surface area (Å²) in [7, 11) is 0. The van der Waals surface area contributed by atoms with E-state index in [2.05, 4.69) is 50.4 Å². The van der Waals surface area contributed by atoms with Crippen molar-refractivity contribution in [1.29, 1.82) is 0 Å². The SMILES string of the molecule is CCCCC(C)Nc1ccccc1SCC. The van der Waals surface area contributed by atoms with E-state index in [9.17, 15) is 0 Å². The maximum atomic E-state index is 3.61. The van der Waals surface area contributed by atoms with Gasteiger partial charge in [0.25, 0.3) is 0 Å². The highest BCUT2D eigenvalue weighted by Crippen LogP contribution is 2.27. The van der Waals surface area contributed by atoms with E-state index in [0.29, 0.717) is 6.04 Å². The average molecular weight is 237 g/mol. The largest absolute Gasteiger partial charge is 0.382 e. The zero-order valence-corrected chi connectivity index (χ0v) is 11.4. The molecule has 0 aliphatic heterocycles. The molecule has 1 nitrogen and oxygen atoms in total. The Bertz CT molecular complexity index is 299. The predicted molar refractivity (Wildman–Crippen MR) is 75.4 cm³/mol. The highest BCUT2D eigenvalue weighted by atomic mass is 32.2. The average Bonchev–Trinajstić information content (AvgIpc) is 2.29. The van der Waals surface area contributed by atoms with Gasteiger partial charge in [0, 0.05) is 16.6 Å². The molecule has 0 saturated carbocycles. The molecular formula is C14H23NS.